The Kier molecular flexibility index (Phi) is 8.45. The normalized spacial score (nSPS) is 14.0. The van der Waals surface area contributed by atoms with E-state index in [1.54, 1.807) is 36.5 Å². The highest BCUT2D eigenvalue weighted by Gasteiger charge is 2.27. The number of hydrogen-bond donors (Lipinski definition) is 1. The minimum Gasteiger partial charge on any atom is -0.461 e. The van der Waals surface area contributed by atoms with Crippen LogP contribution in [-0.2, 0) is 25.7 Å². The summed E-state index contributed by atoms with van der Waals surface area (Å²) in [5.74, 6) is -1.03. The third-order valence-electron chi connectivity index (χ3n) is 6.01. The van der Waals surface area contributed by atoms with E-state index in [9.17, 15) is 14.4 Å². The highest BCUT2D eigenvalue weighted by molar-refractivity contribution is 5.88. The summed E-state index contributed by atoms with van der Waals surface area (Å²) in [6.07, 6.45) is 1.51. The van der Waals surface area contributed by atoms with Gasteiger partial charge >= 0.3 is 5.97 Å². The number of nitrogens with zero attached hydrogens (tertiary/aromatic N) is 4. The smallest absolute Gasteiger partial charge is 0.308 e. The molecule has 9 nitrogen and oxygen atoms in total. The number of nitrogens with one attached hydrogen (secondary N) is 1. The number of carbonyl (C=O) groups excluding carboxylic acids is 3. The summed E-state index contributed by atoms with van der Waals surface area (Å²) in [5, 5.41) is 11.8. The Hall–Kier alpha value is -4.71. The first-order chi connectivity index (χ1) is 18.0. The molecule has 4 rings (SSSR count). The zero-order chi connectivity index (χ0) is 26.0. The molecule has 1 aliphatic rings. The fourth-order valence-corrected chi connectivity index (χ4v) is 4.03. The summed E-state index contributed by atoms with van der Waals surface area (Å²) < 4.78 is 5.39. The molecule has 1 N–H and O–H groups in total. The minimum absolute atomic E-state index is 0.0873. The molecule has 37 heavy (non-hydrogen) atoms. The van der Waals surface area contributed by atoms with Crippen LogP contribution in [0.25, 0.3) is 0 Å². The van der Waals surface area contributed by atoms with Crippen molar-refractivity contribution in [2.75, 3.05) is 31.1 Å². The third-order valence-corrected chi connectivity index (χ3v) is 6.01. The van der Waals surface area contributed by atoms with Crippen molar-refractivity contribution in [3.8, 4) is 6.07 Å². The first-order valence-corrected chi connectivity index (χ1v) is 11.9. The van der Waals surface area contributed by atoms with Gasteiger partial charge in [0.2, 0.25) is 11.8 Å². The number of anilines is 1. The number of hydrogen-bond acceptors (Lipinski definition) is 7. The lowest BCUT2D eigenvalue weighted by Crippen LogP contribution is -2.53. The Balaban J connectivity index is 1.33. The molecule has 1 fully saturated rings. The van der Waals surface area contributed by atoms with Crippen LogP contribution in [0.1, 0.15) is 29.3 Å². The van der Waals surface area contributed by atoms with Crippen LogP contribution < -0.4 is 10.2 Å². The van der Waals surface area contributed by atoms with Gasteiger partial charge < -0.3 is 19.9 Å². The molecule has 1 unspecified atom stereocenters. The first-order valence-electron chi connectivity index (χ1n) is 11.9. The Morgan fingerprint density at radius 1 is 1.03 bits per heavy atom. The van der Waals surface area contributed by atoms with Crippen LogP contribution in [0.2, 0.25) is 0 Å². The van der Waals surface area contributed by atoms with Gasteiger partial charge in [0.05, 0.1) is 42.9 Å². The van der Waals surface area contributed by atoms with Gasteiger partial charge in [0.15, 0.2) is 0 Å². The van der Waals surface area contributed by atoms with E-state index in [4.69, 9.17) is 10.00 Å². The van der Waals surface area contributed by atoms with Crippen LogP contribution in [0.4, 0.5) is 5.69 Å². The largest absolute Gasteiger partial charge is 0.461 e. The maximum atomic E-state index is 12.9. The lowest BCUT2D eigenvalue weighted by Gasteiger charge is -2.35. The van der Waals surface area contributed by atoms with Gasteiger partial charge in [-0.15, -0.1) is 0 Å². The first kappa shape index (κ1) is 25.4. The third kappa shape index (κ3) is 7.15. The summed E-state index contributed by atoms with van der Waals surface area (Å²) >= 11 is 0. The number of benzene rings is 2. The zero-order valence-corrected chi connectivity index (χ0v) is 20.2. The summed E-state index contributed by atoms with van der Waals surface area (Å²) in [4.78, 5) is 45.9. The number of aromatic nitrogens is 1. The number of ether oxygens (including phenoxy) is 1. The van der Waals surface area contributed by atoms with Crippen molar-refractivity contribution in [2.24, 2.45) is 0 Å². The van der Waals surface area contributed by atoms with Crippen molar-refractivity contribution >= 4 is 23.5 Å². The van der Waals surface area contributed by atoms with Gasteiger partial charge in [-0.2, -0.15) is 5.26 Å². The van der Waals surface area contributed by atoms with Crippen LogP contribution in [0.15, 0.2) is 79.0 Å². The number of pyridine rings is 1. The predicted octanol–water partition coefficient (Wildman–Crippen LogP) is 2.59. The second-order valence-electron chi connectivity index (χ2n) is 8.62. The molecule has 0 radical (unpaired) electrons. The van der Waals surface area contributed by atoms with E-state index < -0.39 is 12.0 Å². The highest BCUT2D eigenvalue weighted by atomic mass is 16.5. The van der Waals surface area contributed by atoms with E-state index in [0.717, 1.165) is 11.3 Å². The molecular weight excluding hydrogens is 470 g/mol. The Morgan fingerprint density at radius 2 is 1.78 bits per heavy atom. The van der Waals surface area contributed by atoms with E-state index in [1.807, 2.05) is 47.4 Å². The van der Waals surface area contributed by atoms with Crippen molar-refractivity contribution in [3.63, 3.8) is 0 Å². The Morgan fingerprint density at radius 3 is 2.46 bits per heavy atom. The second-order valence-corrected chi connectivity index (χ2v) is 8.62. The Bertz CT molecular complexity index is 1260. The maximum Gasteiger partial charge on any atom is 0.308 e. The van der Waals surface area contributed by atoms with Gasteiger partial charge in [-0.25, -0.2) is 0 Å². The van der Waals surface area contributed by atoms with Crippen molar-refractivity contribution in [2.45, 2.75) is 19.1 Å². The van der Waals surface area contributed by atoms with E-state index in [-0.39, 0.29) is 37.9 Å². The van der Waals surface area contributed by atoms with Crippen LogP contribution in [0, 0.1) is 11.3 Å². The van der Waals surface area contributed by atoms with E-state index in [0.29, 0.717) is 24.3 Å². The lowest BCUT2D eigenvalue weighted by molar-refractivity contribution is -0.146. The molecule has 1 atom stereocenters. The second kappa shape index (κ2) is 12.3. The monoisotopic (exact) mass is 497 g/mol. The zero-order valence-electron chi connectivity index (χ0n) is 20.2. The lowest BCUT2D eigenvalue weighted by atomic mass is 10.1. The van der Waals surface area contributed by atoms with Gasteiger partial charge in [-0.3, -0.25) is 19.4 Å². The summed E-state index contributed by atoms with van der Waals surface area (Å²) in [7, 11) is 0. The number of piperazine rings is 1. The van der Waals surface area contributed by atoms with Crippen molar-refractivity contribution < 1.29 is 19.1 Å². The molecule has 1 aromatic heterocycles. The summed E-state index contributed by atoms with van der Waals surface area (Å²) in [6.45, 7) is 1.08. The van der Waals surface area contributed by atoms with E-state index in [1.165, 1.54) is 4.90 Å². The quantitative estimate of drug-likeness (QED) is 0.452. The predicted molar refractivity (Wildman–Crippen MR) is 136 cm³/mol. The average Bonchev–Trinajstić information content (AvgIpc) is 2.94. The van der Waals surface area contributed by atoms with E-state index in [2.05, 4.69) is 16.4 Å². The molecule has 0 bridgehead atoms. The SMILES string of the molecule is N#Cc1ccc(N2CCN(CC(=O)NC(CC(=O)OCc3ccccc3)c3ccccn3)C(=O)C2)cc1. The van der Waals surface area contributed by atoms with Gasteiger partial charge in [-0.05, 0) is 42.0 Å². The fraction of sp³-hybridized carbons (Fsp3) is 0.250. The molecule has 2 heterocycles. The molecule has 9 heteroatoms. The van der Waals surface area contributed by atoms with Gasteiger partial charge in [0, 0.05) is 25.0 Å². The van der Waals surface area contributed by atoms with Crippen LogP contribution in [-0.4, -0.2) is 53.8 Å². The van der Waals surface area contributed by atoms with Gasteiger partial charge in [0.25, 0.3) is 0 Å². The standard InChI is InChI=1S/C28H27N5O4/c29-17-21-9-11-23(12-10-21)32-14-15-33(27(35)19-32)18-26(34)31-25(24-8-4-5-13-30-24)16-28(36)37-20-22-6-2-1-3-7-22/h1-13,25H,14-16,18-20H2,(H,31,34). The van der Waals surface area contributed by atoms with Crippen LogP contribution >= 0.6 is 0 Å². The van der Waals surface area contributed by atoms with Crippen molar-refractivity contribution in [1.82, 2.24) is 15.2 Å². The van der Waals surface area contributed by atoms with Crippen molar-refractivity contribution in [1.29, 1.82) is 5.26 Å². The molecule has 1 aliphatic heterocycles. The number of carbonyl (C=O) groups is 3. The molecule has 3 aromatic rings. The molecule has 2 amide bonds. The number of rotatable bonds is 9. The summed E-state index contributed by atoms with van der Waals surface area (Å²) in [5.41, 5.74) is 2.80. The number of nitriles is 1. The fourth-order valence-electron chi connectivity index (χ4n) is 4.03. The van der Waals surface area contributed by atoms with Crippen LogP contribution in [0.5, 0.6) is 0 Å². The molecule has 0 saturated carbocycles. The molecule has 188 valence electrons. The molecule has 2 aromatic carbocycles. The number of esters is 1. The average molecular weight is 498 g/mol. The maximum absolute atomic E-state index is 12.9. The molecule has 0 aliphatic carbocycles. The number of amides is 2. The molecule has 1 saturated heterocycles. The Labute approximate surface area is 215 Å². The highest BCUT2D eigenvalue weighted by Crippen LogP contribution is 2.19. The van der Waals surface area contributed by atoms with Crippen molar-refractivity contribution in [3.05, 3.63) is 95.8 Å². The van der Waals surface area contributed by atoms with Crippen LogP contribution in [0.3, 0.4) is 0 Å². The molecular formula is C28H27N5O4. The van der Waals surface area contributed by atoms with Gasteiger partial charge in [-0.1, -0.05) is 36.4 Å². The van der Waals surface area contributed by atoms with E-state index >= 15 is 0 Å². The van der Waals surface area contributed by atoms with Gasteiger partial charge in [0.1, 0.15) is 6.61 Å². The topological polar surface area (TPSA) is 116 Å². The minimum atomic E-state index is -0.688. The summed E-state index contributed by atoms with van der Waals surface area (Å²) in [6, 6.07) is 23.0. The molecule has 0 spiro atoms.